The number of rotatable bonds is 7. The predicted molar refractivity (Wildman–Crippen MR) is 98.5 cm³/mol. The molecule has 3 unspecified atom stereocenters. The third-order valence-electron chi connectivity index (χ3n) is 5.12. The van der Waals surface area contributed by atoms with Gasteiger partial charge in [-0.3, -0.25) is 9.36 Å². The van der Waals surface area contributed by atoms with Crippen LogP contribution in [0, 0.1) is 11.8 Å². The van der Waals surface area contributed by atoms with Crippen LogP contribution in [-0.2, 0) is 14.3 Å². The second-order valence-electron chi connectivity index (χ2n) is 7.15. The molecule has 3 atom stereocenters. The van der Waals surface area contributed by atoms with Crippen LogP contribution in [0.1, 0.15) is 31.7 Å². The highest BCUT2D eigenvalue weighted by atomic mass is 32.2. The Balaban J connectivity index is 1.30. The Labute approximate surface area is 157 Å². The maximum absolute atomic E-state index is 12.0. The predicted octanol–water partition coefficient (Wildman–Crippen LogP) is 3.06. The van der Waals surface area contributed by atoms with E-state index >= 15 is 0 Å². The maximum Gasteiger partial charge on any atom is 0.316 e. The van der Waals surface area contributed by atoms with E-state index in [9.17, 15) is 4.79 Å². The number of benzene rings is 1. The van der Waals surface area contributed by atoms with Crippen LogP contribution in [0.15, 0.2) is 35.7 Å². The molecule has 1 aliphatic heterocycles. The summed E-state index contributed by atoms with van der Waals surface area (Å²) in [6.07, 6.45) is 3.09. The molecular weight excluding hydrogens is 350 g/mol. The monoisotopic (exact) mass is 373 g/mol. The fourth-order valence-electron chi connectivity index (χ4n) is 3.47. The fourth-order valence-corrected chi connectivity index (χ4v) is 4.19. The van der Waals surface area contributed by atoms with Crippen molar-refractivity contribution < 1.29 is 14.3 Å². The molecule has 2 aromatic rings. The number of ether oxygens (including phenoxy) is 2. The van der Waals surface area contributed by atoms with Crippen LogP contribution in [0.2, 0.25) is 0 Å². The van der Waals surface area contributed by atoms with E-state index in [0.29, 0.717) is 35.6 Å². The number of esters is 1. The van der Waals surface area contributed by atoms with Crippen molar-refractivity contribution in [3.8, 4) is 5.69 Å². The van der Waals surface area contributed by atoms with E-state index in [4.69, 9.17) is 9.47 Å². The fraction of sp³-hybridized carbons (Fsp3) is 0.526. The Morgan fingerprint density at radius 2 is 2.19 bits per heavy atom. The van der Waals surface area contributed by atoms with Crippen molar-refractivity contribution in [3.05, 3.63) is 36.2 Å². The van der Waals surface area contributed by atoms with Crippen molar-refractivity contribution in [2.45, 2.75) is 37.4 Å². The Morgan fingerprint density at radius 1 is 1.38 bits per heavy atom. The van der Waals surface area contributed by atoms with E-state index in [2.05, 4.69) is 36.2 Å². The minimum atomic E-state index is -0.218. The van der Waals surface area contributed by atoms with Gasteiger partial charge in [0.05, 0.1) is 18.5 Å². The van der Waals surface area contributed by atoms with Gasteiger partial charge in [0.2, 0.25) is 0 Å². The van der Waals surface area contributed by atoms with Gasteiger partial charge in [-0.25, -0.2) is 0 Å². The Hall–Kier alpha value is -1.86. The standard InChI is InChI=1S/C19H23N3O3S/c1-12(2)13-3-5-14(6-4-13)22-11-20-21-19(22)26-10-17(23)25-9-16-15-7-8-24-18(15)16/h3-6,11-12,15-16,18H,7-10H2,1-2H3. The van der Waals surface area contributed by atoms with Crippen LogP contribution in [0.3, 0.4) is 0 Å². The summed E-state index contributed by atoms with van der Waals surface area (Å²) in [6, 6.07) is 8.31. The van der Waals surface area contributed by atoms with Crippen LogP contribution in [-0.4, -0.2) is 45.8 Å². The summed E-state index contributed by atoms with van der Waals surface area (Å²) in [5.41, 5.74) is 2.27. The molecule has 26 heavy (non-hydrogen) atoms. The molecule has 0 N–H and O–H groups in total. The topological polar surface area (TPSA) is 66.2 Å². The molecule has 2 heterocycles. The number of thioether (sulfide) groups is 1. The van der Waals surface area contributed by atoms with E-state index in [1.54, 1.807) is 6.33 Å². The molecule has 6 nitrogen and oxygen atoms in total. The normalized spacial score (nSPS) is 23.9. The number of hydrogen-bond acceptors (Lipinski definition) is 6. The van der Waals surface area contributed by atoms with Gasteiger partial charge in [-0.15, -0.1) is 10.2 Å². The molecule has 1 saturated heterocycles. The molecular formula is C19H23N3O3S. The number of fused-ring (bicyclic) bond motifs is 1. The Bertz CT molecular complexity index is 765. The summed E-state index contributed by atoms with van der Waals surface area (Å²) >= 11 is 1.34. The largest absolute Gasteiger partial charge is 0.465 e. The summed E-state index contributed by atoms with van der Waals surface area (Å²) in [5.74, 6) is 1.51. The van der Waals surface area contributed by atoms with Crippen LogP contribution >= 0.6 is 11.8 Å². The SMILES string of the molecule is CC(C)c1ccc(-n2cnnc2SCC(=O)OCC2C3CCOC32)cc1. The van der Waals surface area contributed by atoms with Gasteiger partial charge in [-0.2, -0.15) is 0 Å². The van der Waals surface area contributed by atoms with Gasteiger partial charge < -0.3 is 9.47 Å². The second-order valence-corrected chi connectivity index (χ2v) is 8.10. The molecule has 0 bridgehead atoms. The van der Waals surface area contributed by atoms with Crippen molar-refractivity contribution in [2.75, 3.05) is 19.0 Å². The quantitative estimate of drug-likeness (QED) is 0.549. The highest BCUT2D eigenvalue weighted by molar-refractivity contribution is 7.99. The first kappa shape index (κ1) is 17.5. The summed E-state index contributed by atoms with van der Waals surface area (Å²) in [5, 5.41) is 8.79. The number of carbonyl (C=O) groups is 1. The lowest BCUT2D eigenvalue weighted by molar-refractivity contribution is -0.141. The molecule has 1 aromatic carbocycles. The maximum atomic E-state index is 12.0. The zero-order valence-corrected chi connectivity index (χ0v) is 15.8. The van der Waals surface area contributed by atoms with E-state index in [-0.39, 0.29) is 11.7 Å². The highest BCUT2D eigenvalue weighted by Crippen LogP contribution is 2.49. The zero-order chi connectivity index (χ0) is 18.1. The van der Waals surface area contributed by atoms with Gasteiger partial charge in [0.25, 0.3) is 0 Å². The van der Waals surface area contributed by atoms with Gasteiger partial charge in [-0.1, -0.05) is 37.7 Å². The van der Waals surface area contributed by atoms with Crippen LogP contribution < -0.4 is 0 Å². The lowest BCUT2D eigenvalue weighted by Crippen LogP contribution is -2.13. The van der Waals surface area contributed by atoms with Gasteiger partial charge in [-0.05, 0) is 36.0 Å². The van der Waals surface area contributed by atoms with Crippen molar-refractivity contribution >= 4 is 17.7 Å². The number of nitrogens with zero attached hydrogens (tertiary/aromatic N) is 3. The molecule has 2 fully saturated rings. The Morgan fingerprint density at radius 3 is 2.88 bits per heavy atom. The van der Waals surface area contributed by atoms with Crippen molar-refractivity contribution in [2.24, 2.45) is 11.8 Å². The second kappa shape index (κ2) is 7.40. The summed E-state index contributed by atoms with van der Waals surface area (Å²) in [6.45, 7) is 5.66. The van der Waals surface area contributed by atoms with Crippen LogP contribution in [0.5, 0.6) is 0 Å². The van der Waals surface area contributed by atoms with Gasteiger partial charge >= 0.3 is 5.97 Å². The average Bonchev–Trinajstić information content (AvgIpc) is 3.02. The molecule has 1 aliphatic carbocycles. The van der Waals surface area contributed by atoms with E-state index < -0.39 is 0 Å². The number of carbonyl (C=O) groups excluding carboxylic acids is 1. The molecule has 2 aliphatic rings. The smallest absolute Gasteiger partial charge is 0.316 e. The van der Waals surface area contributed by atoms with Gasteiger partial charge in [0, 0.05) is 18.2 Å². The molecule has 1 aromatic heterocycles. The van der Waals surface area contributed by atoms with Crippen molar-refractivity contribution in [1.29, 1.82) is 0 Å². The molecule has 138 valence electrons. The average molecular weight is 373 g/mol. The third-order valence-corrected chi connectivity index (χ3v) is 6.04. The van der Waals surface area contributed by atoms with Gasteiger partial charge in [0.15, 0.2) is 5.16 Å². The first-order chi connectivity index (χ1) is 12.6. The molecule has 0 spiro atoms. The first-order valence-electron chi connectivity index (χ1n) is 9.04. The molecule has 0 radical (unpaired) electrons. The third kappa shape index (κ3) is 3.64. The van der Waals surface area contributed by atoms with E-state index in [1.165, 1.54) is 17.3 Å². The molecule has 4 rings (SSSR count). The van der Waals surface area contributed by atoms with Crippen molar-refractivity contribution in [3.63, 3.8) is 0 Å². The summed E-state index contributed by atoms with van der Waals surface area (Å²) < 4.78 is 12.8. The lowest BCUT2D eigenvalue weighted by atomic mass is 10.0. The Kier molecular flexibility index (Phi) is 5.00. The summed E-state index contributed by atoms with van der Waals surface area (Å²) in [4.78, 5) is 12.0. The molecule has 0 amide bonds. The number of hydrogen-bond donors (Lipinski definition) is 0. The first-order valence-corrected chi connectivity index (χ1v) is 10.0. The van der Waals surface area contributed by atoms with Gasteiger partial charge in [0.1, 0.15) is 6.33 Å². The summed E-state index contributed by atoms with van der Waals surface area (Å²) in [7, 11) is 0. The minimum Gasteiger partial charge on any atom is -0.465 e. The minimum absolute atomic E-state index is 0.218. The van der Waals surface area contributed by atoms with E-state index in [1.807, 2.05) is 16.7 Å². The zero-order valence-electron chi connectivity index (χ0n) is 15.0. The highest BCUT2D eigenvalue weighted by Gasteiger charge is 2.54. The van der Waals surface area contributed by atoms with Crippen LogP contribution in [0.25, 0.3) is 5.69 Å². The van der Waals surface area contributed by atoms with E-state index in [0.717, 1.165) is 18.7 Å². The number of aromatic nitrogens is 3. The lowest BCUT2D eigenvalue weighted by Gasteiger charge is -2.09. The van der Waals surface area contributed by atoms with Crippen molar-refractivity contribution in [1.82, 2.24) is 14.8 Å². The molecule has 7 heteroatoms. The van der Waals surface area contributed by atoms with Crippen LogP contribution in [0.4, 0.5) is 0 Å². The molecule has 1 saturated carbocycles.